The molecule has 0 N–H and O–H groups in total. The van der Waals surface area contributed by atoms with Gasteiger partial charge in [-0.1, -0.05) is 91.0 Å². The van der Waals surface area contributed by atoms with Crippen LogP contribution in [-0.4, -0.2) is 4.98 Å². The van der Waals surface area contributed by atoms with E-state index in [2.05, 4.69) is 109 Å². The molecule has 0 fully saturated rings. The maximum Gasteiger partial charge on any atom is 0.0719 e. The zero-order chi connectivity index (χ0) is 21.3. The van der Waals surface area contributed by atoms with Gasteiger partial charge in [-0.2, -0.15) is 0 Å². The average Bonchev–Trinajstić information content (AvgIpc) is 3.23. The standard InChI is InChI=1S/C30H21NS/c1-3-8-21(9-4-1)18-22-16-17-31-28(19-22)27-13-7-12-26-25-15-14-24(20-29(25)32-30(26)27)23-10-5-2-6-11-23/h1-17,19-20H,18H2. The Kier molecular flexibility index (Phi) is 4.78. The van der Waals surface area contributed by atoms with E-state index < -0.39 is 0 Å². The molecule has 4 aromatic carbocycles. The van der Waals surface area contributed by atoms with Crippen molar-refractivity contribution in [2.75, 3.05) is 0 Å². The number of nitrogens with zero attached hydrogens (tertiary/aromatic N) is 1. The van der Waals surface area contributed by atoms with Crippen LogP contribution in [0.4, 0.5) is 0 Å². The van der Waals surface area contributed by atoms with Gasteiger partial charge in [-0.05, 0) is 46.9 Å². The molecular weight excluding hydrogens is 406 g/mol. The van der Waals surface area contributed by atoms with Crippen LogP contribution >= 0.6 is 11.3 Å². The highest BCUT2D eigenvalue weighted by Gasteiger charge is 2.12. The molecule has 0 spiro atoms. The molecule has 32 heavy (non-hydrogen) atoms. The third-order valence-electron chi connectivity index (χ3n) is 5.96. The van der Waals surface area contributed by atoms with Crippen molar-refractivity contribution in [1.29, 1.82) is 0 Å². The smallest absolute Gasteiger partial charge is 0.0719 e. The molecule has 0 aliphatic carbocycles. The van der Waals surface area contributed by atoms with E-state index in [1.165, 1.54) is 48.0 Å². The molecule has 2 heterocycles. The van der Waals surface area contributed by atoms with Gasteiger partial charge in [-0.3, -0.25) is 4.98 Å². The van der Waals surface area contributed by atoms with Crippen LogP contribution in [0.2, 0.25) is 0 Å². The van der Waals surface area contributed by atoms with E-state index in [-0.39, 0.29) is 0 Å². The zero-order valence-electron chi connectivity index (χ0n) is 17.5. The highest BCUT2D eigenvalue weighted by Crippen LogP contribution is 2.40. The third-order valence-corrected chi connectivity index (χ3v) is 7.16. The number of pyridine rings is 1. The monoisotopic (exact) mass is 427 g/mol. The van der Waals surface area contributed by atoms with Crippen LogP contribution in [0.15, 0.2) is 115 Å². The maximum absolute atomic E-state index is 4.74. The van der Waals surface area contributed by atoms with Gasteiger partial charge < -0.3 is 0 Å². The second-order valence-electron chi connectivity index (χ2n) is 8.07. The van der Waals surface area contributed by atoms with Gasteiger partial charge in [0.1, 0.15) is 0 Å². The third kappa shape index (κ3) is 3.49. The SMILES string of the molecule is c1ccc(Cc2ccnc(-c3cccc4c3sc3cc(-c5ccccc5)ccc34)c2)cc1. The maximum atomic E-state index is 4.74. The van der Waals surface area contributed by atoms with Crippen LogP contribution in [0, 0.1) is 0 Å². The highest BCUT2D eigenvalue weighted by atomic mass is 32.1. The Balaban J connectivity index is 1.45. The van der Waals surface area contributed by atoms with Gasteiger partial charge in [0.2, 0.25) is 0 Å². The van der Waals surface area contributed by atoms with Crippen molar-refractivity contribution in [3.05, 3.63) is 127 Å². The van der Waals surface area contributed by atoms with Crippen LogP contribution in [-0.2, 0) is 6.42 Å². The first-order valence-corrected chi connectivity index (χ1v) is 11.7. The van der Waals surface area contributed by atoms with Crippen LogP contribution < -0.4 is 0 Å². The van der Waals surface area contributed by atoms with E-state index in [1.54, 1.807) is 0 Å². The van der Waals surface area contributed by atoms with E-state index in [4.69, 9.17) is 4.98 Å². The molecule has 0 saturated carbocycles. The Morgan fingerprint density at radius 3 is 2.25 bits per heavy atom. The first-order chi connectivity index (χ1) is 15.8. The molecule has 0 bridgehead atoms. The second kappa shape index (κ2) is 8.07. The van der Waals surface area contributed by atoms with Crippen LogP contribution in [0.3, 0.4) is 0 Å². The summed E-state index contributed by atoms with van der Waals surface area (Å²) in [6.07, 6.45) is 2.85. The minimum atomic E-state index is 0.916. The fraction of sp³-hybridized carbons (Fsp3) is 0.0333. The normalized spacial score (nSPS) is 11.2. The number of benzene rings is 4. The summed E-state index contributed by atoms with van der Waals surface area (Å²) in [5.41, 5.74) is 7.36. The first-order valence-electron chi connectivity index (χ1n) is 10.8. The van der Waals surface area contributed by atoms with E-state index in [9.17, 15) is 0 Å². The summed E-state index contributed by atoms with van der Waals surface area (Å²) >= 11 is 1.86. The number of hydrogen-bond donors (Lipinski definition) is 0. The largest absolute Gasteiger partial charge is 0.256 e. The Hall–Kier alpha value is -3.75. The lowest BCUT2D eigenvalue weighted by Crippen LogP contribution is -1.91. The molecule has 2 heteroatoms. The predicted molar refractivity (Wildman–Crippen MR) is 137 cm³/mol. The molecule has 0 amide bonds. The van der Waals surface area contributed by atoms with Gasteiger partial charge in [0.15, 0.2) is 0 Å². The Labute approximate surface area is 191 Å². The number of hydrogen-bond acceptors (Lipinski definition) is 2. The summed E-state index contributed by atoms with van der Waals surface area (Å²) in [6, 6.07) is 38.9. The lowest BCUT2D eigenvalue weighted by molar-refractivity contribution is 1.17. The Bertz CT molecular complexity index is 1530. The van der Waals surface area contributed by atoms with E-state index >= 15 is 0 Å². The molecule has 0 aliphatic rings. The molecule has 0 radical (unpaired) electrons. The summed E-state index contributed by atoms with van der Waals surface area (Å²) in [7, 11) is 0. The number of rotatable bonds is 4. The van der Waals surface area contributed by atoms with E-state index in [0.29, 0.717) is 0 Å². The number of thiophene rings is 1. The van der Waals surface area contributed by atoms with Gasteiger partial charge in [0.25, 0.3) is 0 Å². The zero-order valence-corrected chi connectivity index (χ0v) is 18.3. The van der Waals surface area contributed by atoms with Crippen molar-refractivity contribution in [3.63, 3.8) is 0 Å². The van der Waals surface area contributed by atoms with Crippen LogP contribution in [0.1, 0.15) is 11.1 Å². The number of aromatic nitrogens is 1. The van der Waals surface area contributed by atoms with Gasteiger partial charge in [-0.25, -0.2) is 0 Å². The summed E-state index contributed by atoms with van der Waals surface area (Å²) in [5.74, 6) is 0. The lowest BCUT2D eigenvalue weighted by atomic mass is 10.0. The van der Waals surface area contributed by atoms with Crippen molar-refractivity contribution < 1.29 is 0 Å². The van der Waals surface area contributed by atoms with Gasteiger partial charge in [0, 0.05) is 31.9 Å². The second-order valence-corrected chi connectivity index (χ2v) is 9.13. The molecule has 2 aromatic heterocycles. The summed E-state index contributed by atoms with van der Waals surface area (Å²) in [4.78, 5) is 4.74. The summed E-state index contributed by atoms with van der Waals surface area (Å²) in [5, 5.41) is 2.62. The van der Waals surface area contributed by atoms with Crippen molar-refractivity contribution in [3.8, 4) is 22.4 Å². The molecule has 0 unspecified atom stereocenters. The molecule has 6 aromatic rings. The lowest BCUT2D eigenvalue weighted by Gasteiger charge is -2.06. The Morgan fingerprint density at radius 2 is 1.41 bits per heavy atom. The van der Waals surface area contributed by atoms with Crippen molar-refractivity contribution >= 4 is 31.5 Å². The fourth-order valence-corrected chi connectivity index (χ4v) is 5.64. The van der Waals surface area contributed by atoms with Crippen molar-refractivity contribution in [2.24, 2.45) is 0 Å². The molecule has 6 rings (SSSR count). The molecule has 1 nitrogen and oxygen atoms in total. The quantitative estimate of drug-likeness (QED) is 0.275. The van der Waals surface area contributed by atoms with E-state index in [0.717, 1.165) is 12.1 Å². The average molecular weight is 428 g/mol. The molecule has 152 valence electrons. The van der Waals surface area contributed by atoms with Gasteiger partial charge in [0.05, 0.1) is 5.69 Å². The molecule has 0 saturated heterocycles. The topological polar surface area (TPSA) is 12.9 Å². The Morgan fingerprint density at radius 1 is 0.594 bits per heavy atom. The van der Waals surface area contributed by atoms with Crippen LogP contribution in [0.25, 0.3) is 42.6 Å². The minimum Gasteiger partial charge on any atom is -0.256 e. The fourth-order valence-electron chi connectivity index (χ4n) is 4.37. The molecular formula is C30H21NS. The molecule has 0 aliphatic heterocycles. The van der Waals surface area contributed by atoms with Crippen molar-refractivity contribution in [1.82, 2.24) is 4.98 Å². The van der Waals surface area contributed by atoms with Crippen LogP contribution in [0.5, 0.6) is 0 Å². The van der Waals surface area contributed by atoms with E-state index in [1.807, 2.05) is 17.5 Å². The van der Waals surface area contributed by atoms with Crippen molar-refractivity contribution in [2.45, 2.75) is 6.42 Å². The number of fused-ring (bicyclic) bond motifs is 3. The van der Waals surface area contributed by atoms with Gasteiger partial charge >= 0.3 is 0 Å². The highest BCUT2D eigenvalue weighted by molar-refractivity contribution is 7.26. The summed E-state index contributed by atoms with van der Waals surface area (Å²) < 4.78 is 2.62. The summed E-state index contributed by atoms with van der Waals surface area (Å²) in [6.45, 7) is 0. The van der Waals surface area contributed by atoms with Gasteiger partial charge in [-0.15, -0.1) is 11.3 Å². The minimum absolute atomic E-state index is 0.916. The predicted octanol–water partition coefficient (Wildman–Crippen LogP) is 8.37. The molecule has 0 atom stereocenters. The first kappa shape index (κ1) is 19.0.